The number of rotatable bonds is 5. The van der Waals surface area contributed by atoms with E-state index in [1.165, 1.54) is 4.68 Å². The highest BCUT2D eigenvalue weighted by atomic mass is 16.4. The van der Waals surface area contributed by atoms with Crippen molar-refractivity contribution in [3.05, 3.63) is 11.9 Å². The molecule has 0 spiro atoms. The third-order valence-electron chi connectivity index (χ3n) is 2.27. The number of amides is 3. The third-order valence-corrected chi connectivity index (χ3v) is 2.27. The molecule has 1 aromatic rings. The van der Waals surface area contributed by atoms with E-state index in [4.69, 9.17) is 10.8 Å². The van der Waals surface area contributed by atoms with Crippen LogP contribution in [0.25, 0.3) is 0 Å². The molecule has 0 radical (unpaired) electrons. The largest absolute Gasteiger partial charge is 0.480 e. The molecule has 9 heteroatoms. The van der Waals surface area contributed by atoms with Crippen molar-refractivity contribution in [1.29, 1.82) is 0 Å². The van der Waals surface area contributed by atoms with Gasteiger partial charge in [-0.05, 0) is 6.92 Å². The van der Waals surface area contributed by atoms with Gasteiger partial charge in [-0.25, -0.2) is 9.59 Å². The van der Waals surface area contributed by atoms with E-state index in [9.17, 15) is 14.4 Å². The Hall–Kier alpha value is -2.58. The van der Waals surface area contributed by atoms with Crippen molar-refractivity contribution in [2.75, 3.05) is 5.32 Å². The predicted molar refractivity (Wildman–Crippen MR) is 65.3 cm³/mol. The smallest absolute Gasteiger partial charge is 0.326 e. The monoisotopic (exact) mass is 269 g/mol. The summed E-state index contributed by atoms with van der Waals surface area (Å²) >= 11 is 0. The molecule has 1 aromatic heterocycles. The number of nitrogens with one attached hydrogen (secondary N) is 2. The SMILES string of the molecule is Cc1nn(C)cc1NC(=O)N[C@@H](CC(N)=O)C(=O)O. The molecule has 1 atom stereocenters. The first-order chi connectivity index (χ1) is 8.79. The molecule has 9 nitrogen and oxygen atoms in total. The summed E-state index contributed by atoms with van der Waals surface area (Å²) in [6.45, 7) is 1.69. The van der Waals surface area contributed by atoms with Gasteiger partial charge in [0.1, 0.15) is 6.04 Å². The fourth-order valence-corrected chi connectivity index (χ4v) is 1.44. The van der Waals surface area contributed by atoms with Gasteiger partial charge in [-0.15, -0.1) is 0 Å². The fourth-order valence-electron chi connectivity index (χ4n) is 1.44. The summed E-state index contributed by atoms with van der Waals surface area (Å²) in [5.41, 5.74) is 5.93. The van der Waals surface area contributed by atoms with Gasteiger partial charge in [0.15, 0.2) is 0 Å². The van der Waals surface area contributed by atoms with Gasteiger partial charge in [0.25, 0.3) is 0 Å². The second-order valence-corrected chi connectivity index (χ2v) is 3.96. The van der Waals surface area contributed by atoms with E-state index in [0.29, 0.717) is 11.4 Å². The number of nitrogens with two attached hydrogens (primary N) is 1. The molecule has 19 heavy (non-hydrogen) atoms. The van der Waals surface area contributed by atoms with Crippen LogP contribution >= 0.6 is 0 Å². The van der Waals surface area contributed by atoms with Gasteiger partial charge in [0.05, 0.1) is 17.8 Å². The maximum atomic E-state index is 11.6. The minimum absolute atomic E-state index is 0.447. The lowest BCUT2D eigenvalue weighted by atomic mass is 10.2. The Labute approximate surface area is 108 Å². The van der Waals surface area contributed by atoms with Gasteiger partial charge in [0, 0.05) is 13.2 Å². The zero-order chi connectivity index (χ0) is 14.6. The molecule has 0 unspecified atom stereocenters. The molecule has 0 bridgehead atoms. The van der Waals surface area contributed by atoms with Crippen molar-refractivity contribution in [3.8, 4) is 0 Å². The molecule has 5 N–H and O–H groups in total. The maximum absolute atomic E-state index is 11.6. The first-order valence-electron chi connectivity index (χ1n) is 5.38. The number of primary amides is 1. The summed E-state index contributed by atoms with van der Waals surface area (Å²) in [5, 5.41) is 17.4. The van der Waals surface area contributed by atoms with E-state index in [2.05, 4.69) is 15.7 Å². The van der Waals surface area contributed by atoms with Gasteiger partial charge >= 0.3 is 12.0 Å². The summed E-state index contributed by atoms with van der Waals surface area (Å²) in [7, 11) is 1.68. The standard InChI is InChI=1S/C10H15N5O4/c1-5-7(4-15(2)14-5)13-10(19)12-6(9(17)18)3-8(11)16/h4,6H,3H2,1-2H3,(H2,11,16)(H,17,18)(H2,12,13,19)/t6-/m0/s1. The van der Waals surface area contributed by atoms with Crippen LogP contribution in [0.2, 0.25) is 0 Å². The minimum Gasteiger partial charge on any atom is -0.480 e. The molecule has 1 heterocycles. The molecule has 3 amide bonds. The number of urea groups is 1. The molecule has 0 saturated heterocycles. The zero-order valence-corrected chi connectivity index (χ0v) is 10.5. The molecule has 0 aliphatic heterocycles. The lowest BCUT2D eigenvalue weighted by molar-refractivity contribution is -0.140. The van der Waals surface area contributed by atoms with Crippen LogP contribution in [0.4, 0.5) is 10.5 Å². The summed E-state index contributed by atoms with van der Waals surface area (Å²) in [6.07, 6.45) is 1.09. The number of nitrogens with zero attached hydrogens (tertiary/aromatic N) is 2. The van der Waals surface area contributed by atoms with E-state index < -0.39 is 30.4 Å². The number of anilines is 1. The Balaban J connectivity index is 2.65. The Kier molecular flexibility index (Phi) is 4.46. The molecule has 104 valence electrons. The average molecular weight is 269 g/mol. The number of aliphatic carboxylic acids is 1. The van der Waals surface area contributed by atoms with Crippen LogP contribution in [0.1, 0.15) is 12.1 Å². The highest BCUT2D eigenvalue weighted by Gasteiger charge is 2.22. The third kappa shape index (κ3) is 4.30. The number of hydrogen-bond acceptors (Lipinski definition) is 4. The molecular formula is C10H15N5O4. The number of carboxylic acids is 1. The van der Waals surface area contributed by atoms with E-state index in [0.717, 1.165) is 0 Å². The lowest BCUT2D eigenvalue weighted by Gasteiger charge is -2.13. The second-order valence-electron chi connectivity index (χ2n) is 3.96. The molecular weight excluding hydrogens is 254 g/mol. The van der Waals surface area contributed by atoms with Gasteiger partial charge in [-0.3, -0.25) is 9.48 Å². The normalized spacial score (nSPS) is 11.7. The van der Waals surface area contributed by atoms with Crippen LogP contribution in [-0.4, -0.2) is 38.8 Å². The van der Waals surface area contributed by atoms with Crippen molar-refractivity contribution < 1.29 is 19.5 Å². The molecule has 0 fully saturated rings. The Morgan fingerprint density at radius 3 is 2.58 bits per heavy atom. The van der Waals surface area contributed by atoms with Crippen molar-refractivity contribution >= 4 is 23.6 Å². The molecule has 0 aromatic carbocycles. The van der Waals surface area contributed by atoms with E-state index in [-0.39, 0.29) is 0 Å². The van der Waals surface area contributed by atoms with Crippen LogP contribution in [0.15, 0.2) is 6.20 Å². The molecule has 0 saturated carbocycles. The van der Waals surface area contributed by atoms with Crippen LogP contribution < -0.4 is 16.4 Å². The number of aromatic nitrogens is 2. The van der Waals surface area contributed by atoms with Crippen molar-refractivity contribution in [1.82, 2.24) is 15.1 Å². The topological polar surface area (TPSA) is 139 Å². The number of hydrogen-bond donors (Lipinski definition) is 4. The predicted octanol–water partition coefficient (Wildman–Crippen LogP) is -0.821. The number of carboxylic acid groups (broad SMARTS) is 1. The molecule has 0 aliphatic rings. The number of carbonyl (C=O) groups excluding carboxylic acids is 2. The minimum atomic E-state index is -1.37. The molecule has 1 rings (SSSR count). The highest BCUT2D eigenvalue weighted by Crippen LogP contribution is 2.10. The van der Waals surface area contributed by atoms with Crippen LogP contribution in [0, 0.1) is 6.92 Å². The van der Waals surface area contributed by atoms with Crippen LogP contribution in [0.5, 0.6) is 0 Å². The summed E-state index contributed by atoms with van der Waals surface area (Å²) in [6, 6.07) is -2.11. The Morgan fingerprint density at radius 2 is 2.16 bits per heavy atom. The highest BCUT2D eigenvalue weighted by molar-refractivity contribution is 5.94. The zero-order valence-electron chi connectivity index (χ0n) is 10.5. The Morgan fingerprint density at radius 1 is 1.53 bits per heavy atom. The Bertz CT molecular complexity index is 510. The van der Waals surface area contributed by atoms with E-state index in [1.54, 1.807) is 20.2 Å². The van der Waals surface area contributed by atoms with E-state index in [1.807, 2.05) is 0 Å². The van der Waals surface area contributed by atoms with Crippen molar-refractivity contribution in [3.63, 3.8) is 0 Å². The van der Waals surface area contributed by atoms with E-state index >= 15 is 0 Å². The van der Waals surface area contributed by atoms with Crippen molar-refractivity contribution in [2.45, 2.75) is 19.4 Å². The number of aryl methyl sites for hydroxylation is 2. The van der Waals surface area contributed by atoms with Crippen LogP contribution in [-0.2, 0) is 16.6 Å². The maximum Gasteiger partial charge on any atom is 0.326 e. The molecule has 0 aliphatic carbocycles. The summed E-state index contributed by atoms with van der Waals surface area (Å²) in [4.78, 5) is 33.1. The van der Waals surface area contributed by atoms with Gasteiger partial charge in [0.2, 0.25) is 5.91 Å². The lowest BCUT2D eigenvalue weighted by Crippen LogP contribution is -2.45. The van der Waals surface area contributed by atoms with Gasteiger partial charge in [-0.2, -0.15) is 5.10 Å². The fraction of sp³-hybridized carbons (Fsp3) is 0.400. The van der Waals surface area contributed by atoms with Gasteiger partial charge < -0.3 is 21.5 Å². The summed E-state index contributed by atoms with van der Waals surface area (Å²) in [5.74, 6) is -2.15. The average Bonchev–Trinajstić information content (AvgIpc) is 2.55. The second kappa shape index (κ2) is 5.85. The summed E-state index contributed by atoms with van der Waals surface area (Å²) < 4.78 is 1.50. The van der Waals surface area contributed by atoms with Crippen molar-refractivity contribution in [2.24, 2.45) is 12.8 Å². The van der Waals surface area contributed by atoms with Gasteiger partial charge in [-0.1, -0.05) is 0 Å². The quantitative estimate of drug-likeness (QED) is 0.553. The first-order valence-corrected chi connectivity index (χ1v) is 5.38. The van der Waals surface area contributed by atoms with Crippen LogP contribution in [0.3, 0.4) is 0 Å². The first kappa shape index (κ1) is 14.5. The number of carbonyl (C=O) groups is 3.